The number of guanidine groups is 1. The molecule has 36 heavy (non-hydrogen) atoms. The van der Waals surface area contributed by atoms with Crippen LogP contribution in [0, 0.1) is 0 Å². The van der Waals surface area contributed by atoms with E-state index in [9.17, 15) is 29.1 Å². The average Bonchev–Trinajstić information content (AvgIpc) is 2.81. The number of hydrogen-bond donors (Lipinski definition) is 10. The number of carbonyl (C=O) groups is 5. The molecule has 0 heterocycles. The van der Waals surface area contributed by atoms with E-state index in [0.29, 0.717) is 19.4 Å². The minimum atomic E-state index is -1.27. The first-order valence-corrected chi connectivity index (χ1v) is 12.0. The summed E-state index contributed by atoms with van der Waals surface area (Å²) in [5.41, 5.74) is 21.6. The molecule has 4 unspecified atom stereocenters. The van der Waals surface area contributed by atoms with Crippen LogP contribution in [-0.2, 0) is 24.0 Å². The zero-order chi connectivity index (χ0) is 27.7. The zero-order valence-corrected chi connectivity index (χ0v) is 20.9. The van der Waals surface area contributed by atoms with Crippen LogP contribution in [0.3, 0.4) is 0 Å². The van der Waals surface area contributed by atoms with Gasteiger partial charge in [-0.15, -0.1) is 0 Å². The molecule has 0 radical (unpaired) electrons. The van der Waals surface area contributed by atoms with Gasteiger partial charge in [-0.2, -0.15) is 12.6 Å². The van der Waals surface area contributed by atoms with Gasteiger partial charge in [0.05, 0.1) is 6.04 Å². The summed E-state index contributed by atoms with van der Waals surface area (Å²) in [4.78, 5) is 63.9. The summed E-state index contributed by atoms with van der Waals surface area (Å²) < 4.78 is 0. The predicted octanol–water partition coefficient (Wildman–Crippen LogP) is -3.17. The molecule has 3 amide bonds. The van der Waals surface area contributed by atoms with Crippen molar-refractivity contribution in [3.05, 3.63) is 0 Å². The van der Waals surface area contributed by atoms with E-state index in [1.807, 2.05) is 0 Å². The fourth-order valence-electron chi connectivity index (χ4n) is 2.95. The fourth-order valence-corrected chi connectivity index (χ4v) is 3.21. The highest BCUT2D eigenvalue weighted by Gasteiger charge is 2.29. The molecule has 0 aromatic carbocycles. The van der Waals surface area contributed by atoms with Crippen molar-refractivity contribution in [1.82, 2.24) is 16.0 Å². The molecule has 0 bridgehead atoms. The highest BCUT2D eigenvalue weighted by atomic mass is 32.1. The first kappa shape index (κ1) is 32.9. The van der Waals surface area contributed by atoms with Crippen molar-refractivity contribution in [1.29, 1.82) is 0 Å². The predicted molar refractivity (Wildman–Crippen MR) is 135 cm³/mol. The Kier molecular flexibility index (Phi) is 16.6. The molecule has 0 rings (SSSR count). The summed E-state index contributed by atoms with van der Waals surface area (Å²) in [6, 6.07) is -4.68. The van der Waals surface area contributed by atoms with Gasteiger partial charge in [0, 0.05) is 18.7 Å². The summed E-state index contributed by atoms with van der Waals surface area (Å²) in [5.74, 6) is -4.88. The first-order valence-electron chi connectivity index (χ1n) is 11.4. The normalized spacial score (nSPS) is 14.0. The maximum absolute atomic E-state index is 12.8. The SMILES string of the molecule is NCCCCC(NC(=O)C(CS)NC(=O)C(N)CCC(=O)O)C(=O)NC(CCCN=C(N)N)C(=O)O. The Balaban J connectivity index is 5.25. The van der Waals surface area contributed by atoms with Gasteiger partial charge in [0.1, 0.15) is 18.1 Å². The molecule has 0 aromatic rings. The lowest BCUT2D eigenvalue weighted by Gasteiger charge is -2.24. The maximum atomic E-state index is 12.8. The molecule has 0 aliphatic rings. The van der Waals surface area contributed by atoms with E-state index >= 15 is 0 Å². The average molecular weight is 535 g/mol. The molecule has 13 N–H and O–H groups in total. The van der Waals surface area contributed by atoms with Gasteiger partial charge >= 0.3 is 11.9 Å². The molecule has 0 aromatic heterocycles. The van der Waals surface area contributed by atoms with E-state index in [2.05, 4.69) is 33.6 Å². The number of amides is 3. The van der Waals surface area contributed by atoms with Crippen LogP contribution in [0.1, 0.15) is 44.9 Å². The number of nitrogens with zero attached hydrogens (tertiary/aromatic N) is 1. The zero-order valence-electron chi connectivity index (χ0n) is 20.0. The molecule has 0 saturated heterocycles. The minimum absolute atomic E-state index is 0.0465. The number of aliphatic imine (C=N–C) groups is 1. The lowest BCUT2D eigenvalue weighted by atomic mass is 10.1. The second-order valence-corrected chi connectivity index (χ2v) is 8.34. The van der Waals surface area contributed by atoms with E-state index < -0.39 is 53.8 Å². The van der Waals surface area contributed by atoms with Gasteiger partial charge < -0.3 is 49.1 Å². The number of carbonyl (C=O) groups excluding carboxylic acids is 3. The molecule has 0 fully saturated rings. The van der Waals surface area contributed by atoms with Crippen LogP contribution in [0.15, 0.2) is 4.99 Å². The smallest absolute Gasteiger partial charge is 0.326 e. The molecule has 206 valence electrons. The van der Waals surface area contributed by atoms with E-state index in [4.69, 9.17) is 28.0 Å². The van der Waals surface area contributed by atoms with E-state index in [0.717, 1.165) is 0 Å². The molecule has 0 saturated carbocycles. The van der Waals surface area contributed by atoms with Crippen molar-refractivity contribution in [3.63, 3.8) is 0 Å². The lowest BCUT2D eigenvalue weighted by molar-refractivity contribution is -0.142. The Labute approximate surface area is 214 Å². The third-order valence-electron chi connectivity index (χ3n) is 4.96. The van der Waals surface area contributed by atoms with E-state index in [1.54, 1.807) is 0 Å². The Hall–Kier alpha value is -3.11. The van der Waals surface area contributed by atoms with Crippen LogP contribution in [-0.4, -0.2) is 88.8 Å². The number of hydrogen-bond acceptors (Lipinski definition) is 9. The van der Waals surface area contributed by atoms with Crippen LogP contribution < -0.4 is 38.9 Å². The van der Waals surface area contributed by atoms with Gasteiger partial charge in [0.2, 0.25) is 17.7 Å². The van der Waals surface area contributed by atoms with Gasteiger partial charge in [-0.1, -0.05) is 0 Å². The van der Waals surface area contributed by atoms with Crippen LogP contribution in [0.5, 0.6) is 0 Å². The molecule has 4 atom stereocenters. The minimum Gasteiger partial charge on any atom is -0.481 e. The summed E-state index contributed by atoms with van der Waals surface area (Å²) >= 11 is 4.05. The standard InChI is InChI=1S/C20H38N8O7S/c21-8-2-1-4-12(17(32)27-13(19(34)35)5-3-9-25-20(23)24)26-18(33)14(10-36)28-16(31)11(22)6-7-15(29)30/h11-14,36H,1-10,21-22H2,(H,26,33)(H,27,32)(H,28,31)(H,29,30)(H,34,35)(H4,23,24,25). The van der Waals surface area contributed by atoms with Crippen molar-refractivity contribution in [2.75, 3.05) is 18.8 Å². The van der Waals surface area contributed by atoms with Crippen molar-refractivity contribution < 1.29 is 34.2 Å². The van der Waals surface area contributed by atoms with Crippen LogP contribution in [0.25, 0.3) is 0 Å². The lowest BCUT2D eigenvalue weighted by Crippen LogP contribution is -2.57. The highest BCUT2D eigenvalue weighted by Crippen LogP contribution is 2.06. The Morgan fingerprint density at radius 3 is 1.89 bits per heavy atom. The largest absolute Gasteiger partial charge is 0.481 e. The molecule has 0 aliphatic carbocycles. The van der Waals surface area contributed by atoms with Gasteiger partial charge in [-0.05, 0) is 45.1 Å². The number of rotatable bonds is 19. The van der Waals surface area contributed by atoms with Crippen molar-refractivity contribution >= 4 is 48.2 Å². The van der Waals surface area contributed by atoms with Gasteiger partial charge in [0.25, 0.3) is 0 Å². The quantitative estimate of drug-likeness (QED) is 0.0341. The number of unbranched alkanes of at least 4 members (excludes halogenated alkanes) is 1. The van der Waals surface area contributed by atoms with Crippen LogP contribution in [0.4, 0.5) is 0 Å². The first-order chi connectivity index (χ1) is 16.9. The number of carboxylic acids is 2. The van der Waals surface area contributed by atoms with Crippen molar-refractivity contribution in [3.8, 4) is 0 Å². The van der Waals surface area contributed by atoms with Crippen LogP contribution >= 0.6 is 12.6 Å². The van der Waals surface area contributed by atoms with Gasteiger partial charge in [-0.3, -0.25) is 24.2 Å². The number of carboxylic acid groups (broad SMARTS) is 2. The van der Waals surface area contributed by atoms with Crippen molar-refractivity contribution in [2.45, 2.75) is 69.1 Å². The molecular weight excluding hydrogens is 496 g/mol. The number of aliphatic carboxylic acids is 2. The summed E-state index contributed by atoms with van der Waals surface area (Å²) in [6.07, 6.45) is 1.07. The molecule has 0 aliphatic heterocycles. The summed E-state index contributed by atoms with van der Waals surface area (Å²) in [5, 5.41) is 25.5. The van der Waals surface area contributed by atoms with Gasteiger partial charge in [0.15, 0.2) is 5.96 Å². The Morgan fingerprint density at radius 2 is 1.36 bits per heavy atom. The Morgan fingerprint density at radius 1 is 0.806 bits per heavy atom. The molecule has 15 nitrogen and oxygen atoms in total. The molecule has 0 spiro atoms. The summed E-state index contributed by atoms with van der Waals surface area (Å²) in [6.45, 7) is 0.533. The monoisotopic (exact) mass is 534 g/mol. The Bertz CT molecular complexity index is 779. The molecular formula is C20H38N8O7S. The van der Waals surface area contributed by atoms with E-state index in [-0.39, 0.29) is 50.4 Å². The topological polar surface area (TPSA) is 278 Å². The number of nitrogens with two attached hydrogens (primary N) is 4. The molecule has 16 heteroatoms. The third-order valence-corrected chi connectivity index (χ3v) is 5.33. The van der Waals surface area contributed by atoms with Crippen LogP contribution in [0.2, 0.25) is 0 Å². The highest BCUT2D eigenvalue weighted by molar-refractivity contribution is 7.80. The van der Waals surface area contributed by atoms with Gasteiger partial charge in [-0.25, -0.2) is 4.79 Å². The van der Waals surface area contributed by atoms with E-state index in [1.165, 1.54) is 0 Å². The second kappa shape index (κ2) is 18.2. The second-order valence-electron chi connectivity index (χ2n) is 7.98. The number of nitrogens with one attached hydrogen (secondary N) is 3. The number of thiol groups is 1. The summed E-state index contributed by atoms with van der Waals surface area (Å²) in [7, 11) is 0. The third kappa shape index (κ3) is 14.3. The maximum Gasteiger partial charge on any atom is 0.326 e. The fraction of sp³-hybridized carbons (Fsp3) is 0.700. The van der Waals surface area contributed by atoms with Crippen molar-refractivity contribution in [2.24, 2.45) is 27.9 Å².